The number of hydrogen-bond acceptors (Lipinski definition) is 5. The molecule has 1 heterocycles. The lowest BCUT2D eigenvalue weighted by atomic mass is 9.69. The maximum atomic E-state index is 11.3. The predicted octanol–water partition coefficient (Wildman–Crippen LogP) is 2.22. The monoisotopic (exact) mass is 327 g/mol. The lowest BCUT2D eigenvalue weighted by Crippen LogP contribution is -2.48. The van der Waals surface area contributed by atoms with E-state index in [0.29, 0.717) is 13.0 Å². The highest BCUT2D eigenvalue weighted by molar-refractivity contribution is 5.58. The Morgan fingerprint density at radius 1 is 1.39 bits per heavy atom. The second-order valence-electron chi connectivity index (χ2n) is 7.71. The Balaban J connectivity index is 1.92. The summed E-state index contributed by atoms with van der Waals surface area (Å²) in [5, 5.41) is 10.5. The Labute approximate surface area is 140 Å². The van der Waals surface area contributed by atoms with E-state index < -0.39 is 17.3 Å². The Morgan fingerprint density at radius 2 is 2.13 bits per heavy atom. The largest absolute Gasteiger partial charge is 0.393 e. The van der Waals surface area contributed by atoms with Crippen molar-refractivity contribution >= 4 is 6.29 Å². The smallest absolute Gasteiger partial charge is 0.171 e. The Hall–Kier alpha value is -0.490. The molecule has 0 aromatic carbocycles. The van der Waals surface area contributed by atoms with E-state index in [-0.39, 0.29) is 12.0 Å². The van der Waals surface area contributed by atoms with E-state index in [1.165, 1.54) is 0 Å². The van der Waals surface area contributed by atoms with Crippen LogP contribution in [0.2, 0.25) is 0 Å². The van der Waals surface area contributed by atoms with Gasteiger partial charge in [0.2, 0.25) is 0 Å². The molecular formula is C18H33NO4. The molecule has 2 aliphatic rings. The standard InChI is InChI=1S/C18H33NO4/c1-5-9-19(6-2)11-14-12-22-18(23-14)8-7-15(16(21)10-18)17(3,4)13-20/h13-16,21H,5-12H2,1-4H3. The first-order chi connectivity index (χ1) is 10.9. The van der Waals surface area contributed by atoms with E-state index in [1.807, 2.05) is 13.8 Å². The van der Waals surface area contributed by atoms with Gasteiger partial charge in [0.25, 0.3) is 0 Å². The van der Waals surface area contributed by atoms with Crippen LogP contribution in [-0.2, 0) is 14.3 Å². The number of ether oxygens (including phenoxy) is 2. The molecule has 134 valence electrons. The lowest BCUT2D eigenvalue weighted by molar-refractivity contribution is -0.220. The molecule has 1 N–H and O–H groups in total. The second kappa shape index (κ2) is 7.60. The Bertz CT molecular complexity index is 400. The van der Waals surface area contributed by atoms with E-state index in [0.717, 1.165) is 45.2 Å². The van der Waals surface area contributed by atoms with Crippen LogP contribution in [0.5, 0.6) is 0 Å². The molecule has 0 aromatic heterocycles. The summed E-state index contributed by atoms with van der Waals surface area (Å²) in [6.07, 6.45) is 3.58. The third kappa shape index (κ3) is 4.32. The van der Waals surface area contributed by atoms with E-state index in [1.54, 1.807) is 0 Å². The van der Waals surface area contributed by atoms with E-state index in [4.69, 9.17) is 9.47 Å². The fraction of sp³-hybridized carbons (Fsp3) is 0.944. The fourth-order valence-corrected chi connectivity index (χ4v) is 4.01. The fourth-order valence-electron chi connectivity index (χ4n) is 4.01. The molecule has 1 spiro atoms. The van der Waals surface area contributed by atoms with Crippen LogP contribution in [0.1, 0.15) is 53.4 Å². The summed E-state index contributed by atoms with van der Waals surface area (Å²) in [7, 11) is 0. The minimum absolute atomic E-state index is 0.0240. The average Bonchev–Trinajstić information content (AvgIpc) is 2.88. The van der Waals surface area contributed by atoms with Crippen LogP contribution >= 0.6 is 0 Å². The molecule has 0 aromatic rings. The number of nitrogens with zero attached hydrogens (tertiary/aromatic N) is 1. The molecule has 0 radical (unpaired) electrons. The number of hydrogen-bond donors (Lipinski definition) is 1. The lowest BCUT2D eigenvalue weighted by Gasteiger charge is -2.43. The van der Waals surface area contributed by atoms with Crippen LogP contribution in [-0.4, -0.2) is 60.5 Å². The third-order valence-corrected chi connectivity index (χ3v) is 5.44. The van der Waals surface area contributed by atoms with Crippen LogP contribution in [0.25, 0.3) is 0 Å². The van der Waals surface area contributed by atoms with Gasteiger partial charge in [0, 0.05) is 24.8 Å². The molecule has 0 amide bonds. The maximum absolute atomic E-state index is 11.3. The zero-order chi connectivity index (χ0) is 17.1. The number of carbonyl (C=O) groups is 1. The first kappa shape index (κ1) is 18.8. The van der Waals surface area contributed by atoms with Crippen molar-refractivity contribution in [2.45, 2.75) is 71.4 Å². The summed E-state index contributed by atoms with van der Waals surface area (Å²) in [6.45, 7) is 11.7. The molecule has 1 saturated heterocycles. The van der Waals surface area contributed by atoms with Crippen LogP contribution in [0.4, 0.5) is 0 Å². The molecular weight excluding hydrogens is 294 g/mol. The quantitative estimate of drug-likeness (QED) is 0.727. The summed E-state index contributed by atoms with van der Waals surface area (Å²) in [4.78, 5) is 13.7. The van der Waals surface area contributed by atoms with Gasteiger partial charge in [-0.3, -0.25) is 0 Å². The SMILES string of the molecule is CCCN(CC)CC1COC2(CCC(C(C)(C)C=O)C(O)C2)O1. The topological polar surface area (TPSA) is 59.0 Å². The molecule has 0 bridgehead atoms. The summed E-state index contributed by atoms with van der Waals surface area (Å²) >= 11 is 0. The summed E-state index contributed by atoms with van der Waals surface area (Å²) < 4.78 is 12.2. The first-order valence-electron chi connectivity index (χ1n) is 9.04. The minimum atomic E-state index is -0.648. The molecule has 2 rings (SSSR count). The van der Waals surface area contributed by atoms with E-state index >= 15 is 0 Å². The molecule has 1 saturated carbocycles. The van der Waals surface area contributed by atoms with Crippen molar-refractivity contribution in [1.82, 2.24) is 4.90 Å². The minimum Gasteiger partial charge on any atom is -0.393 e. The molecule has 4 unspecified atom stereocenters. The predicted molar refractivity (Wildman–Crippen MR) is 89.2 cm³/mol. The van der Waals surface area contributed by atoms with Crippen molar-refractivity contribution in [2.75, 3.05) is 26.2 Å². The highest BCUT2D eigenvalue weighted by Gasteiger charge is 2.50. The number of rotatable bonds is 7. The maximum Gasteiger partial charge on any atom is 0.171 e. The van der Waals surface area contributed by atoms with Crippen molar-refractivity contribution < 1.29 is 19.4 Å². The number of aldehydes is 1. The molecule has 1 aliphatic heterocycles. The van der Waals surface area contributed by atoms with Gasteiger partial charge < -0.3 is 24.3 Å². The van der Waals surface area contributed by atoms with Gasteiger partial charge in [0.05, 0.1) is 18.8 Å². The zero-order valence-corrected chi connectivity index (χ0v) is 15.1. The van der Waals surface area contributed by atoms with Gasteiger partial charge in [-0.1, -0.05) is 27.7 Å². The molecule has 1 aliphatic carbocycles. The highest BCUT2D eigenvalue weighted by atomic mass is 16.7. The number of aliphatic hydroxyl groups excluding tert-OH is 1. The number of aliphatic hydroxyl groups is 1. The summed E-state index contributed by atoms with van der Waals surface area (Å²) in [5.74, 6) is -0.672. The molecule has 4 atom stereocenters. The zero-order valence-electron chi connectivity index (χ0n) is 15.1. The third-order valence-electron chi connectivity index (χ3n) is 5.44. The van der Waals surface area contributed by atoms with Gasteiger partial charge in [-0.05, 0) is 31.8 Å². The molecule has 5 heteroatoms. The van der Waals surface area contributed by atoms with Gasteiger partial charge >= 0.3 is 0 Å². The van der Waals surface area contributed by atoms with Crippen molar-refractivity contribution in [3.8, 4) is 0 Å². The van der Waals surface area contributed by atoms with Crippen molar-refractivity contribution in [2.24, 2.45) is 11.3 Å². The number of carbonyl (C=O) groups excluding carboxylic acids is 1. The van der Waals surface area contributed by atoms with Crippen LogP contribution in [0, 0.1) is 11.3 Å². The molecule has 23 heavy (non-hydrogen) atoms. The van der Waals surface area contributed by atoms with Crippen molar-refractivity contribution in [3.05, 3.63) is 0 Å². The van der Waals surface area contributed by atoms with Gasteiger partial charge in [0.15, 0.2) is 5.79 Å². The Morgan fingerprint density at radius 3 is 2.70 bits per heavy atom. The van der Waals surface area contributed by atoms with Crippen LogP contribution in [0.3, 0.4) is 0 Å². The summed E-state index contributed by atoms with van der Waals surface area (Å²) in [5.41, 5.74) is -0.501. The van der Waals surface area contributed by atoms with Crippen molar-refractivity contribution in [3.63, 3.8) is 0 Å². The summed E-state index contributed by atoms with van der Waals surface area (Å²) in [6, 6.07) is 0. The highest BCUT2D eigenvalue weighted by Crippen LogP contribution is 2.45. The van der Waals surface area contributed by atoms with Crippen LogP contribution < -0.4 is 0 Å². The van der Waals surface area contributed by atoms with Gasteiger partial charge in [-0.2, -0.15) is 0 Å². The van der Waals surface area contributed by atoms with Crippen molar-refractivity contribution in [1.29, 1.82) is 0 Å². The van der Waals surface area contributed by atoms with E-state index in [9.17, 15) is 9.90 Å². The number of likely N-dealkylation sites (N-methyl/N-ethyl adjacent to an activating group) is 1. The first-order valence-corrected chi connectivity index (χ1v) is 9.04. The van der Waals surface area contributed by atoms with Crippen LogP contribution in [0.15, 0.2) is 0 Å². The van der Waals surface area contributed by atoms with Gasteiger partial charge in [-0.25, -0.2) is 0 Å². The Kier molecular flexibility index (Phi) is 6.22. The van der Waals surface area contributed by atoms with Gasteiger partial charge in [-0.15, -0.1) is 0 Å². The second-order valence-corrected chi connectivity index (χ2v) is 7.71. The van der Waals surface area contributed by atoms with Gasteiger partial charge in [0.1, 0.15) is 6.29 Å². The van der Waals surface area contributed by atoms with E-state index in [2.05, 4.69) is 18.7 Å². The molecule has 5 nitrogen and oxygen atoms in total. The molecule has 2 fully saturated rings. The normalized spacial score (nSPS) is 35.1. The average molecular weight is 327 g/mol.